The van der Waals surface area contributed by atoms with Crippen LogP contribution in [0.25, 0.3) is 11.4 Å². The summed E-state index contributed by atoms with van der Waals surface area (Å²) in [5.74, 6) is 0.517. The fourth-order valence-electron chi connectivity index (χ4n) is 3.84. The second-order valence-corrected chi connectivity index (χ2v) is 8.01. The van der Waals surface area contributed by atoms with E-state index in [-0.39, 0.29) is 11.4 Å². The van der Waals surface area contributed by atoms with Gasteiger partial charge in [-0.1, -0.05) is 47.6 Å². The fraction of sp³-hybridized carbons (Fsp3) is 0.391. The van der Waals surface area contributed by atoms with Gasteiger partial charge in [-0.2, -0.15) is 18.2 Å². The molecule has 6 nitrogen and oxygen atoms in total. The number of benzene rings is 2. The Balaban J connectivity index is 1.27. The van der Waals surface area contributed by atoms with Gasteiger partial charge >= 0.3 is 6.18 Å². The number of hydrogen-bond donors (Lipinski definition) is 1. The first-order valence-corrected chi connectivity index (χ1v) is 10.5. The standard InChI is InChI=1S/C23H25F3N4O2/c24-23(25,26)19-8-4-7-18(14-19)22-27-21(32-28-22)16-30-11-9-29(10-12-30)15-20(31)13-17-5-2-1-3-6-17/h1-8,14,20,31H,9-13,15-16H2. The number of aliphatic hydroxyl groups excluding tert-OH is 1. The van der Waals surface area contributed by atoms with Crippen LogP contribution in [0.1, 0.15) is 17.0 Å². The predicted octanol–water partition coefficient (Wildman–Crippen LogP) is 3.48. The topological polar surface area (TPSA) is 65.6 Å². The van der Waals surface area contributed by atoms with Crippen molar-refractivity contribution in [1.29, 1.82) is 0 Å². The maximum absolute atomic E-state index is 12.9. The van der Waals surface area contributed by atoms with Crippen molar-refractivity contribution in [3.05, 3.63) is 71.6 Å². The second-order valence-electron chi connectivity index (χ2n) is 8.01. The summed E-state index contributed by atoms with van der Waals surface area (Å²) in [7, 11) is 0. The average molecular weight is 446 g/mol. The minimum absolute atomic E-state index is 0.147. The molecule has 1 atom stereocenters. The largest absolute Gasteiger partial charge is 0.416 e. The quantitative estimate of drug-likeness (QED) is 0.600. The maximum atomic E-state index is 12.9. The Hall–Kier alpha value is -2.75. The molecule has 0 bridgehead atoms. The molecule has 0 radical (unpaired) electrons. The highest BCUT2D eigenvalue weighted by atomic mass is 19.4. The minimum atomic E-state index is -4.42. The van der Waals surface area contributed by atoms with Crippen molar-refractivity contribution >= 4 is 0 Å². The minimum Gasteiger partial charge on any atom is -0.391 e. The lowest BCUT2D eigenvalue weighted by atomic mass is 10.1. The average Bonchev–Trinajstić information content (AvgIpc) is 3.24. The van der Waals surface area contributed by atoms with Crippen LogP contribution in [0.4, 0.5) is 13.2 Å². The van der Waals surface area contributed by atoms with Crippen molar-refractivity contribution in [3.63, 3.8) is 0 Å². The van der Waals surface area contributed by atoms with Crippen molar-refractivity contribution in [1.82, 2.24) is 19.9 Å². The number of aliphatic hydroxyl groups is 1. The lowest BCUT2D eigenvalue weighted by molar-refractivity contribution is -0.137. The number of hydrogen-bond acceptors (Lipinski definition) is 6. The molecular formula is C23H25F3N4O2. The maximum Gasteiger partial charge on any atom is 0.416 e. The van der Waals surface area contributed by atoms with Gasteiger partial charge in [0.05, 0.1) is 18.2 Å². The van der Waals surface area contributed by atoms with Crippen LogP contribution >= 0.6 is 0 Å². The number of rotatable bonds is 7. The highest BCUT2D eigenvalue weighted by molar-refractivity contribution is 5.55. The summed E-state index contributed by atoms with van der Waals surface area (Å²) in [5, 5.41) is 14.2. The molecule has 1 unspecified atom stereocenters. The zero-order chi connectivity index (χ0) is 22.6. The highest BCUT2D eigenvalue weighted by Gasteiger charge is 2.31. The molecule has 170 valence electrons. The van der Waals surface area contributed by atoms with Crippen LogP contribution in [-0.4, -0.2) is 63.9 Å². The van der Waals surface area contributed by atoms with Gasteiger partial charge in [-0.3, -0.25) is 9.80 Å². The van der Waals surface area contributed by atoms with E-state index in [4.69, 9.17) is 4.52 Å². The van der Waals surface area contributed by atoms with Crippen molar-refractivity contribution < 1.29 is 22.8 Å². The smallest absolute Gasteiger partial charge is 0.391 e. The van der Waals surface area contributed by atoms with Crippen molar-refractivity contribution in [2.75, 3.05) is 32.7 Å². The van der Waals surface area contributed by atoms with Gasteiger partial charge in [0, 0.05) is 38.3 Å². The van der Waals surface area contributed by atoms with Gasteiger partial charge in [0.1, 0.15) is 0 Å². The summed E-state index contributed by atoms with van der Waals surface area (Å²) in [6.45, 7) is 4.22. The van der Waals surface area contributed by atoms with Crippen molar-refractivity contribution in [3.8, 4) is 11.4 Å². The Morgan fingerprint density at radius 1 is 0.969 bits per heavy atom. The summed E-state index contributed by atoms with van der Waals surface area (Å²) < 4.78 is 44.0. The van der Waals surface area contributed by atoms with Crippen molar-refractivity contribution in [2.45, 2.75) is 25.2 Å². The molecular weight excluding hydrogens is 421 g/mol. The van der Waals surface area contributed by atoms with Gasteiger partial charge in [-0.15, -0.1) is 0 Å². The van der Waals surface area contributed by atoms with Crippen LogP contribution in [0.5, 0.6) is 0 Å². The Kier molecular flexibility index (Phi) is 6.88. The molecule has 1 saturated heterocycles. The van der Waals surface area contributed by atoms with E-state index >= 15 is 0 Å². The van der Waals surface area contributed by atoms with Gasteiger partial charge in [-0.05, 0) is 24.1 Å². The number of β-amino-alcohol motifs (C(OH)–C–C–N with tert-alkyl or cyclic N) is 1. The number of aromatic nitrogens is 2. The molecule has 1 aliphatic rings. The van der Waals surface area contributed by atoms with E-state index < -0.39 is 17.8 Å². The van der Waals surface area contributed by atoms with E-state index in [1.54, 1.807) is 0 Å². The first-order valence-electron chi connectivity index (χ1n) is 10.5. The zero-order valence-corrected chi connectivity index (χ0v) is 17.5. The zero-order valence-electron chi connectivity index (χ0n) is 17.5. The molecule has 9 heteroatoms. The van der Waals surface area contributed by atoms with E-state index in [0.29, 0.717) is 25.4 Å². The van der Waals surface area contributed by atoms with E-state index in [0.717, 1.165) is 43.9 Å². The van der Waals surface area contributed by atoms with Gasteiger partial charge < -0.3 is 9.63 Å². The van der Waals surface area contributed by atoms with Gasteiger partial charge in [0.15, 0.2) is 0 Å². The second kappa shape index (κ2) is 9.81. The SMILES string of the molecule is OC(Cc1ccccc1)CN1CCN(Cc2nc(-c3cccc(C(F)(F)F)c3)no2)CC1. The third-order valence-electron chi connectivity index (χ3n) is 5.52. The van der Waals surface area contributed by atoms with Crippen LogP contribution in [-0.2, 0) is 19.1 Å². The normalized spacial score (nSPS) is 16.9. The molecule has 2 heterocycles. The Morgan fingerprint density at radius 2 is 1.69 bits per heavy atom. The summed E-state index contributed by atoms with van der Waals surface area (Å²) in [4.78, 5) is 8.66. The Labute approximate surface area is 184 Å². The molecule has 1 N–H and O–H groups in total. The van der Waals surface area contributed by atoms with Gasteiger partial charge in [0.2, 0.25) is 11.7 Å². The third-order valence-corrected chi connectivity index (χ3v) is 5.52. The molecule has 0 aliphatic carbocycles. The highest BCUT2D eigenvalue weighted by Crippen LogP contribution is 2.31. The molecule has 2 aromatic carbocycles. The monoisotopic (exact) mass is 446 g/mol. The number of halogens is 3. The molecule has 1 fully saturated rings. The first kappa shape index (κ1) is 22.4. The Bertz CT molecular complexity index is 1000. The molecule has 32 heavy (non-hydrogen) atoms. The molecule has 1 aliphatic heterocycles. The summed E-state index contributed by atoms with van der Waals surface area (Å²) in [6.07, 6.45) is -4.21. The van der Waals surface area contributed by atoms with E-state index in [9.17, 15) is 18.3 Å². The van der Waals surface area contributed by atoms with Gasteiger partial charge in [0.25, 0.3) is 0 Å². The van der Waals surface area contributed by atoms with Crippen LogP contribution in [0.15, 0.2) is 59.1 Å². The Morgan fingerprint density at radius 3 is 2.41 bits per heavy atom. The summed E-state index contributed by atoms with van der Waals surface area (Å²) in [5.41, 5.74) is 0.644. The van der Waals surface area contributed by atoms with Crippen LogP contribution in [0.3, 0.4) is 0 Å². The molecule has 0 spiro atoms. The van der Waals surface area contributed by atoms with E-state index in [1.807, 2.05) is 30.3 Å². The van der Waals surface area contributed by atoms with E-state index in [2.05, 4.69) is 19.9 Å². The van der Waals surface area contributed by atoms with Gasteiger partial charge in [-0.25, -0.2) is 0 Å². The van der Waals surface area contributed by atoms with Crippen molar-refractivity contribution in [2.24, 2.45) is 0 Å². The number of piperazine rings is 1. The molecule has 0 amide bonds. The van der Waals surface area contributed by atoms with Crippen LogP contribution < -0.4 is 0 Å². The summed E-state index contributed by atoms with van der Waals surface area (Å²) >= 11 is 0. The third kappa shape index (κ3) is 5.93. The molecule has 4 rings (SSSR count). The lowest BCUT2D eigenvalue weighted by Gasteiger charge is -2.34. The van der Waals surface area contributed by atoms with E-state index in [1.165, 1.54) is 12.1 Å². The van der Waals surface area contributed by atoms with Crippen LogP contribution in [0, 0.1) is 0 Å². The molecule has 0 saturated carbocycles. The number of nitrogens with zero attached hydrogens (tertiary/aromatic N) is 4. The fourth-order valence-corrected chi connectivity index (χ4v) is 3.84. The molecule has 1 aromatic heterocycles. The lowest BCUT2D eigenvalue weighted by Crippen LogP contribution is -2.48. The predicted molar refractivity (Wildman–Crippen MR) is 113 cm³/mol. The first-order chi connectivity index (χ1) is 15.4. The molecule has 3 aromatic rings. The number of alkyl halides is 3. The van der Waals surface area contributed by atoms with Crippen LogP contribution in [0.2, 0.25) is 0 Å². The summed E-state index contributed by atoms with van der Waals surface area (Å²) in [6, 6.07) is 14.8.